The molecule has 0 rings (SSSR count). The molecule has 0 heterocycles. The number of nitrogens with one attached hydrogen (secondary N) is 1. The van der Waals surface area contributed by atoms with Gasteiger partial charge >= 0.3 is 13.2 Å². The number of rotatable bonds is 4. The summed E-state index contributed by atoms with van der Waals surface area (Å²) in [4.78, 5) is 10.5. The van der Waals surface area contributed by atoms with E-state index < -0.39 is 13.2 Å². The van der Waals surface area contributed by atoms with E-state index in [1.165, 1.54) is 0 Å². The molecule has 0 aliphatic rings. The smallest absolute Gasteiger partial charge is 0.450 e. The standard InChI is InChI=1S/C5H12BNO4/c1-2-11-5(8)7-4-3-6(9)10/h9-10H,2-4H2,1H3,(H,7,8). The first-order valence-electron chi connectivity index (χ1n) is 3.43. The minimum absolute atomic E-state index is 0.110. The molecule has 0 saturated carbocycles. The van der Waals surface area contributed by atoms with Gasteiger partial charge in [-0.3, -0.25) is 0 Å². The summed E-state index contributed by atoms with van der Waals surface area (Å²) in [5.41, 5.74) is 0. The number of carbonyl (C=O) groups excluding carboxylic acids is 1. The van der Waals surface area contributed by atoms with Crippen molar-refractivity contribution in [2.45, 2.75) is 13.2 Å². The van der Waals surface area contributed by atoms with Crippen LogP contribution in [0.1, 0.15) is 6.92 Å². The lowest BCUT2D eigenvalue weighted by Crippen LogP contribution is -2.28. The van der Waals surface area contributed by atoms with Gasteiger partial charge in [-0.1, -0.05) is 0 Å². The Morgan fingerprint density at radius 3 is 2.73 bits per heavy atom. The molecule has 1 amide bonds. The molecule has 0 aliphatic carbocycles. The highest BCUT2D eigenvalue weighted by Gasteiger charge is 2.06. The molecule has 6 heteroatoms. The normalized spacial score (nSPS) is 9.00. The topological polar surface area (TPSA) is 78.8 Å². The van der Waals surface area contributed by atoms with Crippen LogP contribution in [0, 0.1) is 0 Å². The lowest BCUT2D eigenvalue weighted by Gasteiger charge is -2.03. The Labute approximate surface area is 65.5 Å². The summed E-state index contributed by atoms with van der Waals surface area (Å²) >= 11 is 0. The zero-order valence-electron chi connectivity index (χ0n) is 6.41. The Kier molecular flexibility index (Phi) is 5.59. The van der Waals surface area contributed by atoms with Gasteiger partial charge in [0.05, 0.1) is 6.61 Å². The Balaban J connectivity index is 3.17. The second kappa shape index (κ2) is 6.00. The fourth-order valence-electron chi connectivity index (χ4n) is 0.485. The van der Waals surface area contributed by atoms with Crippen LogP contribution in [0.25, 0.3) is 0 Å². The van der Waals surface area contributed by atoms with Crippen molar-refractivity contribution < 1.29 is 19.6 Å². The van der Waals surface area contributed by atoms with E-state index in [9.17, 15) is 4.79 Å². The van der Waals surface area contributed by atoms with E-state index in [4.69, 9.17) is 10.0 Å². The molecule has 0 unspecified atom stereocenters. The van der Waals surface area contributed by atoms with Crippen molar-refractivity contribution in [1.82, 2.24) is 5.32 Å². The molecule has 0 spiro atoms. The van der Waals surface area contributed by atoms with Crippen molar-refractivity contribution >= 4 is 13.2 Å². The third kappa shape index (κ3) is 7.15. The van der Waals surface area contributed by atoms with Gasteiger partial charge in [-0.2, -0.15) is 0 Å². The van der Waals surface area contributed by atoms with Crippen LogP contribution in [0.15, 0.2) is 0 Å². The number of amides is 1. The molecule has 3 N–H and O–H groups in total. The number of carbonyl (C=O) groups is 1. The Morgan fingerprint density at radius 2 is 2.27 bits per heavy atom. The molecule has 0 radical (unpaired) electrons. The van der Waals surface area contributed by atoms with E-state index in [1.54, 1.807) is 6.92 Å². The first-order valence-corrected chi connectivity index (χ1v) is 3.43. The molecule has 0 fully saturated rings. The van der Waals surface area contributed by atoms with Gasteiger partial charge < -0.3 is 20.1 Å². The number of alkyl carbamates (subject to hydrolysis) is 1. The third-order valence-corrected chi connectivity index (χ3v) is 0.947. The first kappa shape index (κ1) is 10.3. The van der Waals surface area contributed by atoms with Crippen molar-refractivity contribution in [2.24, 2.45) is 0 Å². The lowest BCUT2D eigenvalue weighted by molar-refractivity contribution is 0.152. The quantitative estimate of drug-likeness (QED) is 0.472. The molecule has 0 bridgehead atoms. The van der Waals surface area contributed by atoms with Gasteiger partial charge in [-0.05, 0) is 13.2 Å². The number of hydrogen-bond donors (Lipinski definition) is 3. The Morgan fingerprint density at radius 1 is 1.64 bits per heavy atom. The molecular formula is C5H12BNO4. The summed E-state index contributed by atoms with van der Waals surface area (Å²) in [7, 11) is -1.38. The molecule has 0 aliphatic heterocycles. The van der Waals surface area contributed by atoms with E-state index in [2.05, 4.69) is 10.1 Å². The SMILES string of the molecule is CCOC(=O)NCCB(O)O. The maximum absolute atomic E-state index is 10.5. The van der Waals surface area contributed by atoms with Gasteiger partial charge in [-0.25, -0.2) is 4.79 Å². The summed E-state index contributed by atoms with van der Waals surface area (Å²) < 4.78 is 4.51. The van der Waals surface area contributed by atoms with Crippen LogP contribution in [-0.2, 0) is 4.74 Å². The van der Waals surface area contributed by atoms with Crippen molar-refractivity contribution in [3.8, 4) is 0 Å². The molecule has 5 nitrogen and oxygen atoms in total. The first-order chi connectivity index (χ1) is 5.16. The van der Waals surface area contributed by atoms with Gasteiger partial charge in [0, 0.05) is 6.54 Å². The van der Waals surface area contributed by atoms with E-state index in [-0.39, 0.29) is 12.9 Å². The maximum atomic E-state index is 10.5. The number of hydrogen-bond acceptors (Lipinski definition) is 4. The highest BCUT2D eigenvalue weighted by molar-refractivity contribution is 6.41. The lowest BCUT2D eigenvalue weighted by atomic mass is 9.87. The molecular weight excluding hydrogens is 149 g/mol. The van der Waals surface area contributed by atoms with Crippen LogP contribution in [0.4, 0.5) is 4.79 Å². The summed E-state index contributed by atoms with van der Waals surface area (Å²) in [5.74, 6) is 0. The van der Waals surface area contributed by atoms with Gasteiger partial charge in [0.15, 0.2) is 0 Å². The van der Waals surface area contributed by atoms with Gasteiger partial charge in [0.2, 0.25) is 0 Å². The van der Waals surface area contributed by atoms with E-state index in [1.807, 2.05) is 0 Å². The molecule has 0 aromatic carbocycles. The Hall–Kier alpha value is -0.745. The highest BCUT2D eigenvalue weighted by Crippen LogP contribution is 1.82. The summed E-state index contributed by atoms with van der Waals surface area (Å²) in [6, 6.07) is 0. The Bertz CT molecular complexity index is 119. The van der Waals surface area contributed by atoms with Crippen LogP contribution >= 0.6 is 0 Å². The van der Waals surface area contributed by atoms with Gasteiger partial charge in [0.25, 0.3) is 0 Å². The second-order valence-corrected chi connectivity index (χ2v) is 1.92. The molecule has 0 atom stereocenters. The average Bonchev–Trinajstić information content (AvgIpc) is 1.87. The minimum Gasteiger partial charge on any atom is -0.450 e. The van der Waals surface area contributed by atoms with Crippen LogP contribution < -0.4 is 5.32 Å². The van der Waals surface area contributed by atoms with Crippen molar-refractivity contribution in [3.63, 3.8) is 0 Å². The van der Waals surface area contributed by atoms with E-state index in [0.29, 0.717) is 6.61 Å². The molecule has 0 aromatic heterocycles. The van der Waals surface area contributed by atoms with Gasteiger partial charge in [0.1, 0.15) is 0 Å². The zero-order valence-corrected chi connectivity index (χ0v) is 6.41. The van der Waals surface area contributed by atoms with Crippen LogP contribution in [-0.4, -0.2) is 36.4 Å². The molecule has 0 aromatic rings. The van der Waals surface area contributed by atoms with Crippen LogP contribution in [0.5, 0.6) is 0 Å². The highest BCUT2D eigenvalue weighted by atomic mass is 16.5. The molecule has 0 saturated heterocycles. The summed E-state index contributed by atoms with van der Waals surface area (Å²) in [5, 5.41) is 19.1. The fourth-order valence-corrected chi connectivity index (χ4v) is 0.485. The minimum atomic E-state index is -1.38. The average molecular weight is 161 g/mol. The predicted octanol–water partition coefficient (Wildman–Crippen LogP) is -0.795. The van der Waals surface area contributed by atoms with Crippen molar-refractivity contribution in [1.29, 1.82) is 0 Å². The van der Waals surface area contributed by atoms with E-state index >= 15 is 0 Å². The monoisotopic (exact) mass is 161 g/mol. The van der Waals surface area contributed by atoms with Crippen LogP contribution in [0.3, 0.4) is 0 Å². The largest absolute Gasteiger partial charge is 0.453 e. The summed E-state index contributed by atoms with van der Waals surface area (Å²) in [6.45, 7) is 2.21. The van der Waals surface area contributed by atoms with Crippen LogP contribution in [0.2, 0.25) is 6.32 Å². The maximum Gasteiger partial charge on any atom is 0.453 e. The van der Waals surface area contributed by atoms with Crippen molar-refractivity contribution in [3.05, 3.63) is 0 Å². The zero-order chi connectivity index (χ0) is 8.69. The van der Waals surface area contributed by atoms with Gasteiger partial charge in [-0.15, -0.1) is 0 Å². The molecule has 11 heavy (non-hydrogen) atoms. The number of ether oxygens (including phenoxy) is 1. The van der Waals surface area contributed by atoms with Crippen molar-refractivity contribution in [2.75, 3.05) is 13.2 Å². The fraction of sp³-hybridized carbons (Fsp3) is 0.800. The predicted molar refractivity (Wildman–Crippen MR) is 40.0 cm³/mol. The summed E-state index contributed by atoms with van der Waals surface area (Å²) in [6.07, 6.45) is -0.424. The second-order valence-electron chi connectivity index (χ2n) is 1.92. The third-order valence-electron chi connectivity index (χ3n) is 0.947. The van der Waals surface area contributed by atoms with E-state index in [0.717, 1.165) is 0 Å². The molecule has 64 valence electrons.